The Morgan fingerprint density at radius 2 is 1.54 bits per heavy atom. The van der Waals surface area contributed by atoms with Crippen LogP contribution in [0, 0.1) is 5.92 Å². The summed E-state index contributed by atoms with van der Waals surface area (Å²) < 4.78 is 0. The largest absolute Gasteiger partial charge is 0.465 e. The van der Waals surface area contributed by atoms with E-state index in [1.807, 2.05) is 0 Å². The third-order valence-electron chi connectivity index (χ3n) is 5.42. The van der Waals surface area contributed by atoms with E-state index in [0.29, 0.717) is 12.0 Å². The van der Waals surface area contributed by atoms with Crippen LogP contribution in [-0.4, -0.2) is 28.2 Å². The Labute approximate surface area is 155 Å². The standard InChI is InChI=1S/C22H28N2O2/c1-17-14-20(12-13-21(17)23-22(25)26)24(15-18-8-4-2-5-9-18)16-19-10-6-3-7-11-19/h2-11,17,20-21,23H,12-16H2,1H3,(H,25,26)/t17-,20+,21+/m1/s1. The highest BCUT2D eigenvalue weighted by molar-refractivity contribution is 5.64. The highest BCUT2D eigenvalue weighted by Crippen LogP contribution is 2.30. The van der Waals surface area contributed by atoms with Crippen LogP contribution in [0.25, 0.3) is 0 Å². The van der Waals surface area contributed by atoms with Gasteiger partial charge in [0.2, 0.25) is 0 Å². The molecule has 0 heterocycles. The number of amides is 1. The van der Waals surface area contributed by atoms with Gasteiger partial charge >= 0.3 is 6.09 Å². The highest BCUT2D eigenvalue weighted by atomic mass is 16.4. The number of rotatable bonds is 6. The third-order valence-corrected chi connectivity index (χ3v) is 5.42. The van der Waals surface area contributed by atoms with Gasteiger partial charge in [0.25, 0.3) is 0 Å². The van der Waals surface area contributed by atoms with E-state index in [4.69, 9.17) is 5.11 Å². The van der Waals surface area contributed by atoms with Crippen LogP contribution in [0.4, 0.5) is 4.79 Å². The van der Waals surface area contributed by atoms with Gasteiger partial charge < -0.3 is 10.4 Å². The molecule has 0 radical (unpaired) electrons. The Balaban J connectivity index is 1.71. The molecule has 0 aliphatic heterocycles. The molecule has 0 saturated heterocycles. The zero-order valence-corrected chi connectivity index (χ0v) is 15.3. The van der Waals surface area contributed by atoms with Crippen LogP contribution >= 0.6 is 0 Å². The maximum absolute atomic E-state index is 11.0. The second kappa shape index (κ2) is 8.86. The lowest BCUT2D eigenvalue weighted by atomic mass is 9.82. The summed E-state index contributed by atoms with van der Waals surface area (Å²) >= 11 is 0. The molecule has 3 atom stereocenters. The lowest BCUT2D eigenvalue weighted by Gasteiger charge is -2.40. The van der Waals surface area contributed by atoms with Crippen molar-refractivity contribution in [3.63, 3.8) is 0 Å². The van der Waals surface area contributed by atoms with Crippen molar-refractivity contribution >= 4 is 6.09 Å². The molecule has 2 aromatic rings. The van der Waals surface area contributed by atoms with E-state index in [1.54, 1.807) is 0 Å². The van der Waals surface area contributed by atoms with Crippen molar-refractivity contribution in [2.75, 3.05) is 0 Å². The molecule has 1 aliphatic rings. The summed E-state index contributed by atoms with van der Waals surface area (Å²) in [5.74, 6) is 0.346. The first-order valence-corrected chi connectivity index (χ1v) is 9.43. The summed E-state index contributed by atoms with van der Waals surface area (Å²) in [6.07, 6.45) is 2.03. The average molecular weight is 352 g/mol. The molecule has 3 rings (SSSR count). The fourth-order valence-electron chi connectivity index (χ4n) is 4.02. The molecule has 0 unspecified atom stereocenters. The maximum Gasteiger partial charge on any atom is 0.404 e. The van der Waals surface area contributed by atoms with Crippen molar-refractivity contribution in [3.8, 4) is 0 Å². The Hall–Kier alpha value is -2.33. The molecule has 4 heteroatoms. The van der Waals surface area contributed by atoms with Crippen LogP contribution in [0.2, 0.25) is 0 Å². The van der Waals surface area contributed by atoms with Crippen molar-refractivity contribution in [3.05, 3.63) is 71.8 Å². The van der Waals surface area contributed by atoms with E-state index in [0.717, 1.165) is 32.4 Å². The summed E-state index contributed by atoms with van der Waals surface area (Å²) in [5, 5.41) is 11.7. The third kappa shape index (κ3) is 5.09. The number of carboxylic acid groups (broad SMARTS) is 1. The first-order chi connectivity index (χ1) is 12.6. The molecule has 2 N–H and O–H groups in total. The number of nitrogens with one attached hydrogen (secondary N) is 1. The Bertz CT molecular complexity index is 648. The Morgan fingerprint density at radius 3 is 2.00 bits per heavy atom. The number of hydrogen-bond acceptors (Lipinski definition) is 2. The van der Waals surface area contributed by atoms with Gasteiger partial charge in [0.05, 0.1) is 0 Å². The molecule has 0 bridgehead atoms. The number of benzene rings is 2. The SMILES string of the molecule is C[C@@H]1C[C@@H](N(Cc2ccccc2)Cc2ccccc2)CC[C@@H]1NC(=O)O. The van der Waals surface area contributed by atoms with Gasteiger partial charge in [0.1, 0.15) is 0 Å². The van der Waals surface area contributed by atoms with Crippen molar-refractivity contribution < 1.29 is 9.90 Å². The average Bonchev–Trinajstić information content (AvgIpc) is 2.64. The van der Waals surface area contributed by atoms with Gasteiger partial charge in [0.15, 0.2) is 0 Å². The molecule has 2 aromatic carbocycles. The van der Waals surface area contributed by atoms with Crippen molar-refractivity contribution in [2.45, 2.75) is 51.4 Å². The van der Waals surface area contributed by atoms with E-state index in [1.165, 1.54) is 11.1 Å². The van der Waals surface area contributed by atoms with Gasteiger partial charge in [-0.2, -0.15) is 0 Å². The molecule has 138 valence electrons. The molecule has 1 saturated carbocycles. The van der Waals surface area contributed by atoms with Crippen molar-refractivity contribution in [2.24, 2.45) is 5.92 Å². The van der Waals surface area contributed by atoms with Crippen LogP contribution in [0.15, 0.2) is 60.7 Å². The minimum atomic E-state index is -0.911. The zero-order valence-electron chi connectivity index (χ0n) is 15.3. The lowest BCUT2D eigenvalue weighted by molar-refractivity contribution is 0.0999. The normalized spacial score (nSPS) is 22.9. The lowest BCUT2D eigenvalue weighted by Crippen LogP contribution is -2.47. The van der Waals surface area contributed by atoms with Gasteiger partial charge in [0, 0.05) is 25.2 Å². The van der Waals surface area contributed by atoms with Gasteiger partial charge in [-0.1, -0.05) is 67.6 Å². The molecule has 1 fully saturated rings. The van der Waals surface area contributed by atoms with Gasteiger partial charge in [-0.25, -0.2) is 4.79 Å². The van der Waals surface area contributed by atoms with E-state index < -0.39 is 6.09 Å². The predicted molar refractivity (Wildman–Crippen MR) is 104 cm³/mol. The molecular formula is C22H28N2O2. The van der Waals surface area contributed by atoms with Crippen LogP contribution in [0.5, 0.6) is 0 Å². The first-order valence-electron chi connectivity index (χ1n) is 9.43. The fraction of sp³-hybridized carbons (Fsp3) is 0.409. The predicted octanol–water partition coefficient (Wildman–Crippen LogP) is 4.51. The topological polar surface area (TPSA) is 52.6 Å². The van der Waals surface area contributed by atoms with Crippen LogP contribution in [-0.2, 0) is 13.1 Å². The highest BCUT2D eigenvalue weighted by Gasteiger charge is 2.31. The second-order valence-electron chi connectivity index (χ2n) is 7.38. The molecule has 26 heavy (non-hydrogen) atoms. The van der Waals surface area contributed by atoms with Crippen LogP contribution in [0.3, 0.4) is 0 Å². The number of hydrogen-bond donors (Lipinski definition) is 2. The van der Waals surface area contributed by atoms with Crippen LogP contribution in [0.1, 0.15) is 37.3 Å². The minimum Gasteiger partial charge on any atom is -0.465 e. The first kappa shape index (κ1) is 18.5. The van der Waals surface area contributed by atoms with E-state index in [2.05, 4.69) is 77.8 Å². The summed E-state index contributed by atoms with van der Waals surface area (Å²) in [4.78, 5) is 13.5. The maximum atomic E-state index is 11.0. The van der Waals surface area contributed by atoms with Gasteiger partial charge in [-0.05, 0) is 36.3 Å². The van der Waals surface area contributed by atoms with Crippen molar-refractivity contribution in [1.29, 1.82) is 0 Å². The summed E-state index contributed by atoms with van der Waals surface area (Å²) in [5.41, 5.74) is 2.64. The molecule has 1 aliphatic carbocycles. The monoisotopic (exact) mass is 352 g/mol. The van der Waals surface area contributed by atoms with Crippen LogP contribution < -0.4 is 5.32 Å². The fourth-order valence-corrected chi connectivity index (χ4v) is 4.02. The number of nitrogens with zero attached hydrogens (tertiary/aromatic N) is 1. The van der Waals surface area contributed by atoms with Gasteiger partial charge in [-0.3, -0.25) is 4.90 Å². The summed E-state index contributed by atoms with van der Waals surface area (Å²) in [6.45, 7) is 4.00. The second-order valence-corrected chi connectivity index (χ2v) is 7.38. The number of carbonyl (C=O) groups is 1. The van der Waals surface area contributed by atoms with Gasteiger partial charge in [-0.15, -0.1) is 0 Å². The van der Waals surface area contributed by atoms with E-state index in [9.17, 15) is 4.79 Å². The molecular weight excluding hydrogens is 324 g/mol. The Morgan fingerprint density at radius 1 is 1.00 bits per heavy atom. The smallest absolute Gasteiger partial charge is 0.404 e. The summed E-state index contributed by atoms with van der Waals surface area (Å²) in [7, 11) is 0. The summed E-state index contributed by atoms with van der Waals surface area (Å²) in [6, 6.07) is 21.7. The molecule has 1 amide bonds. The quantitative estimate of drug-likeness (QED) is 0.804. The molecule has 0 aromatic heterocycles. The molecule has 4 nitrogen and oxygen atoms in total. The zero-order chi connectivity index (χ0) is 18.4. The minimum absolute atomic E-state index is 0.0686. The van der Waals surface area contributed by atoms with Crippen molar-refractivity contribution in [1.82, 2.24) is 10.2 Å². The van der Waals surface area contributed by atoms with E-state index >= 15 is 0 Å². The Kier molecular flexibility index (Phi) is 6.29. The molecule has 0 spiro atoms. The van der Waals surface area contributed by atoms with E-state index in [-0.39, 0.29) is 6.04 Å².